The maximum atomic E-state index is 13.6. The molecule has 0 aliphatic carbocycles. The van der Waals surface area contributed by atoms with E-state index in [2.05, 4.69) is 31.7 Å². The van der Waals surface area contributed by atoms with Crippen LogP contribution in [0.5, 0.6) is 11.5 Å². The largest absolute Gasteiger partial charge is 0.497 e. The highest BCUT2D eigenvalue weighted by molar-refractivity contribution is 5.79. The Hall–Kier alpha value is -6.71. The number of hydrogen-bond acceptors (Lipinski definition) is 12. The van der Waals surface area contributed by atoms with Crippen molar-refractivity contribution in [1.29, 1.82) is 0 Å². The third-order valence-corrected chi connectivity index (χ3v) is 10.5. The molecule has 1 saturated heterocycles. The molecule has 15 nitrogen and oxygen atoms in total. The van der Waals surface area contributed by atoms with Crippen LogP contribution >= 0.6 is 0 Å². The zero-order valence-electron chi connectivity index (χ0n) is 34.4. The standard InChI is InChI=1S/C45H50N10O5/c1-45(2,3)60-44(57)53(25-30-11-7-6-8-12-30)38-18-19-52(27-39(38)56)26-32-22-35(55-41(32)43(47-29-49-55)51-34-14-10-16-37(24-34)59-5)21-31-17-20-54-40(31)42(46-28-48-54)50-33-13-9-15-36(23-33)58-4/h6-17,20,22-24,28-29,38-39,56H,18-19,21,25-27H2,1-5H3,(H,46,48,50)(H,47,49,51)/t38-,39-/m1/s1. The van der Waals surface area contributed by atoms with Gasteiger partial charge in [-0.1, -0.05) is 42.5 Å². The van der Waals surface area contributed by atoms with Crippen molar-refractivity contribution in [3.05, 3.63) is 132 Å². The molecule has 15 heteroatoms. The Bertz CT molecular complexity index is 2590. The minimum atomic E-state index is -0.822. The van der Waals surface area contributed by atoms with Crippen LogP contribution in [0.2, 0.25) is 0 Å². The third-order valence-electron chi connectivity index (χ3n) is 10.5. The van der Waals surface area contributed by atoms with E-state index in [-0.39, 0.29) is 0 Å². The van der Waals surface area contributed by atoms with Crippen LogP contribution in [0.3, 0.4) is 0 Å². The number of carbonyl (C=O) groups is 1. The molecule has 3 N–H and O–H groups in total. The highest BCUT2D eigenvalue weighted by atomic mass is 16.6. The second kappa shape index (κ2) is 17.3. The first-order valence-electron chi connectivity index (χ1n) is 20.0. The fraction of sp³-hybridized carbons (Fsp3) is 0.311. The lowest BCUT2D eigenvalue weighted by Gasteiger charge is -2.42. The Morgan fingerprint density at radius 2 is 1.50 bits per heavy atom. The Morgan fingerprint density at radius 3 is 2.15 bits per heavy atom. The van der Waals surface area contributed by atoms with Crippen molar-refractivity contribution < 1.29 is 24.1 Å². The maximum Gasteiger partial charge on any atom is 0.410 e. The topological polar surface area (TPSA) is 156 Å². The SMILES string of the molecule is COc1cccc(Nc2ncnn3ccc(Cc4cc(CN5CC[C@@H](N(Cc6ccccc6)C(=O)OC(C)(C)C)[C@H](O)C5)c5c(Nc6cccc(OC)c6)ncnn45)c23)c1. The van der Waals surface area contributed by atoms with Crippen LogP contribution in [0.4, 0.5) is 27.8 Å². The number of ether oxygens (including phenoxy) is 3. The number of hydrogen-bond donors (Lipinski definition) is 3. The van der Waals surface area contributed by atoms with Gasteiger partial charge in [0.05, 0.1) is 26.4 Å². The van der Waals surface area contributed by atoms with Crippen LogP contribution in [-0.4, -0.2) is 95.3 Å². The average Bonchev–Trinajstić information content (AvgIpc) is 3.82. The quantitative estimate of drug-likeness (QED) is 0.108. The van der Waals surface area contributed by atoms with Gasteiger partial charge in [0.25, 0.3) is 0 Å². The van der Waals surface area contributed by atoms with Gasteiger partial charge in [-0.25, -0.2) is 23.8 Å². The van der Waals surface area contributed by atoms with Gasteiger partial charge in [0.2, 0.25) is 0 Å². The molecule has 1 aliphatic heterocycles. The van der Waals surface area contributed by atoms with Crippen LogP contribution in [0.15, 0.2) is 110 Å². The third kappa shape index (κ3) is 8.96. The van der Waals surface area contributed by atoms with E-state index in [1.807, 2.05) is 121 Å². The number of β-amino-alcohol motifs (C(OH)–C–C–N with tert-alkyl or cyclic N) is 1. The van der Waals surface area contributed by atoms with Crippen LogP contribution in [0.25, 0.3) is 11.0 Å². The van der Waals surface area contributed by atoms with Gasteiger partial charge in [-0.2, -0.15) is 10.2 Å². The summed E-state index contributed by atoms with van der Waals surface area (Å²) >= 11 is 0. The number of aliphatic hydroxyl groups is 1. The number of amides is 1. The predicted molar refractivity (Wildman–Crippen MR) is 229 cm³/mol. The van der Waals surface area contributed by atoms with Gasteiger partial charge >= 0.3 is 6.09 Å². The molecule has 4 aromatic heterocycles. The Kier molecular flexibility index (Phi) is 11.5. The van der Waals surface area contributed by atoms with Crippen LogP contribution in [0, 0.1) is 0 Å². The molecule has 310 valence electrons. The van der Waals surface area contributed by atoms with Gasteiger partial charge in [0.1, 0.15) is 40.8 Å². The van der Waals surface area contributed by atoms with E-state index in [0.29, 0.717) is 56.4 Å². The second-order valence-corrected chi connectivity index (χ2v) is 15.9. The molecule has 60 heavy (non-hydrogen) atoms. The minimum absolute atomic E-state index is 0.331. The number of benzene rings is 3. The molecular weight excluding hydrogens is 761 g/mol. The summed E-state index contributed by atoms with van der Waals surface area (Å²) in [4.78, 5) is 26.9. The molecule has 1 aliphatic rings. The van der Waals surface area contributed by atoms with Gasteiger partial charge in [-0.15, -0.1) is 0 Å². The summed E-state index contributed by atoms with van der Waals surface area (Å²) in [6.07, 6.45) is 4.79. The smallest absolute Gasteiger partial charge is 0.410 e. The normalized spacial score (nSPS) is 15.8. The molecule has 1 amide bonds. The van der Waals surface area contributed by atoms with Gasteiger partial charge in [-0.3, -0.25) is 9.80 Å². The number of likely N-dealkylation sites (tertiary alicyclic amines) is 1. The first-order chi connectivity index (χ1) is 29.0. The van der Waals surface area contributed by atoms with Crippen molar-refractivity contribution in [3.63, 3.8) is 0 Å². The van der Waals surface area contributed by atoms with Crippen molar-refractivity contribution in [2.45, 2.75) is 64.4 Å². The van der Waals surface area contributed by atoms with E-state index in [1.54, 1.807) is 25.4 Å². The fourth-order valence-corrected chi connectivity index (χ4v) is 7.80. The van der Waals surface area contributed by atoms with E-state index < -0.39 is 23.8 Å². The molecule has 3 aromatic carbocycles. The molecule has 1 fully saturated rings. The number of aromatic nitrogens is 6. The van der Waals surface area contributed by atoms with Crippen LogP contribution in [-0.2, 0) is 24.2 Å². The molecule has 2 atom stereocenters. The number of nitrogens with one attached hydrogen (secondary N) is 2. The van der Waals surface area contributed by atoms with Crippen molar-refractivity contribution in [2.75, 3.05) is 37.9 Å². The first-order valence-corrected chi connectivity index (χ1v) is 20.0. The molecule has 0 radical (unpaired) electrons. The molecule has 0 saturated carbocycles. The zero-order valence-corrected chi connectivity index (χ0v) is 34.4. The van der Waals surface area contributed by atoms with E-state index in [9.17, 15) is 9.90 Å². The number of nitrogens with zero attached hydrogens (tertiary/aromatic N) is 8. The summed E-state index contributed by atoms with van der Waals surface area (Å²) in [7, 11) is 3.28. The highest BCUT2D eigenvalue weighted by Gasteiger charge is 2.37. The van der Waals surface area contributed by atoms with Gasteiger partial charge in [0, 0.05) is 68.0 Å². The summed E-state index contributed by atoms with van der Waals surface area (Å²) in [5, 5.41) is 28.0. The van der Waals surface area contributed by atoms with Gasteiger partial charge in [-0.05, 0) is 80.3 Å². The monoisotopic (exact) mass is 810 g/mol. The summed E-state index contributed by atoms with van der Waals surface area (Å²) in [6, 6.07) is 29.0. The van der Waals surface area contributed by atoms with E-state index in [4.69, 9.17) is 24.3 Å². The number of carbonyl (C=O) groups excluding carboxylic acids is 1. The number of aliphatic hydroxyl groups excluding tert-OH is 1. The van der Waals surface area contributed by atoms with Gasteiger partial charge in [0.15, 0.2) is 11.6 Å². The summed E-state index contributed by atoms with van der Waals surface area (Å²) in [5.41, 5.74) is 6.45. The molecule has 0 unspecified atom stereocenters. The molecular formula is C45H50N10O5. The zero-order chi connectivity index (χ0) is 41.8. The average molecular weight is 811 g/mol. The lowest BCUT2D eigenvalue weighted by molar-refractivity contribution is -0.0363. The van der Waals surface area contributed by atoms with E-state index >= 15 is 0 Å². The lowest BCUT2D eigenvalue weighted by Crippen LogP contribution is -2.56. The van der Waals surface area contributed by atoms with Crippen LogP contribution < -0.4 is 20.1 Å². The second-order valence-electron chi connectivity index (χ2n) is 15.9. The van der Waals surface area contributed by atoms with Crippen LogP contribution in [0.1, 0.15) is 49.6 Å². The minimum Gasteiger partial charge on any atom is -0.497 e. The Labute approximate surface area is 348 Å². The number of anilines is 4. The summed E-state index contributed by atoms with van der Waals surface area (Å²) in [6.45, 7) is 7.38. The van der Waals surface area contributed by atoms with E-state index in [0.717, 1.165) is 50.5 Å². The lowest BCUT2D eigenvalue weighted by atomic mass is 9.99. The number of methoxy groups -OCH3 is 2. The molecule has 0 bridgehead atoms. The van der Waals surface area contributed by atoms with Crippen molar-refractivity contribution in [1.82, 2.24) is 39.0 Å². The van der Waals surface area contributed by atoms with Crippen molar-refractivity contribution in [2.24, 2.45) is 0 Å². The van der Waals surface area contributed by atoms with Crippen molar-refractivity contribution in [3.8, 4) is 11.5 Å². The Balaban J connectivity index is 1.11. The Morgan fingerprint density at radius 1 is 0.833 bits per heavy atom. The van der Waals surface area contributed by atoms with Gasteiger partial charge < -0.3 is 30.0 Å². The predicted octanol–water partition coefficient (Wildman–Crippen LogP) is 7.24. The van der Waals surface area contributed by atoms with E-state index in [1.165, 1.54) is 6.33 Å². The summed E-state index contributed by atoms with van der Waals surface area (Å²) in [5.74, 6) is 2.72. The number of piperidine rings is 1. The fourth-order valence-electron chi connectivity index (χ4n) is 7.80. The number of rotatable bonds is 13. The highest BCUT2D eigenvalue weighted by Crippen LogP contribution is 2.32. The van der Waals surface area contributed by atoms with Crippen molar-refractivity contribution >= 4 is 40.1 Å². The summed E-state index contributed by atoms with van der Waals surface area (Å²) < 4.78 is 20.6. The molecule has 8 rings (SSSR count). The molecule has 7 aromatic rings. The first kappa shape index (κ1) is 40.1. The molecule has 0 spiro atoms. The number of fused-ring (bicyclic) bond motifs is 2. The molecule has 5 heterocycles. The maximum absolute atomic E-state index is 13.6.